The number of rotatable bonds is 7. The zero-order valence-electron chi connectivity index (χ0n) is 17.6. The van der Waals surface area contributed by atoms with E-state index in [1.807, 2.05) is 54.6 Å². The number of hydrogen-bond donors (Lipinski definition) is 1. The lowest BCUT2D eigenvalue weighted by molar-refractivity contribution is -0.123. The van der Waals surface area contributed by atoms with Crippen molar-refractivity contribution in [2.45, 2.75) is 46.1 Å². The Bertz CT molecular complexity index is 1030. The van der Waals surface area contributed by atoms with Crippen LogP contribution in [0.25, 0.3) is 10.6 Å². The average molecular weight is 423 g/mol. The van der Waals surface area contributed by atoms with Gasteiger partial charge in [0.2, 0.25) is 0 Å². The number of nitrogens with one attached hydrogen (secondary N) is 1. The number of thiazole rings is 1. The van der Waals surface area contributed by atoms with Crippen molar-refractivity contribution < 1.29 is 14.3 Å². The van der Waals surface area contributed by atoms with E-state index < -0.39 is 12.1 Å². The minimum atomic E-state index is -0.927. The van der Waals surface area contributed by atoms with E-state index in [0.29, 0.717) is 16.5 Å². The molecule has 1 amide bonds. The molecular weight excluding hydrogens is 396 g/mol. The van der Waals surface area contributed by atoms with E-state index >= 15 is 0 Å². The van der Waals surface area contributed by atoms with Crippen LogP contribution in [-0.4, -0.2) is 23.0 Å². The summed E-state index contributed by atoms with van der Waals surface area (Å²) >= 11 is 1.27. The normalized spacial score (nSPS) is 12.8. The molecule has 0 fully saturated rings. The van der Waals surface area contributed by atoms with Crippen LogP contribution in [0.4, 0.5) is 5.69 Å². The lowest BCUT2D eigenvalue weighted by Gasteiger charge is -2.18. The fourth-order valence-corrected chi connectivity index (χ4v) is 4.01. The van der Waals surface area contributed by atoms with E-state index in [-0.39, 0.29) is 5.91 Å². The first kappa shape index (κ1) is 21.7. The highest BCUT2D eigenvalue weighted by Crippen LogP contribution is 2.29. The SMILES string of the molecule is CC[C@@H](C)c1ccccc1NC(=O)[C@@H](C)OC(=O)c1sc(-c2ccccc2)nc1C. The number of carbonyl (C=O) groups is 2. The molecule has 0 radical (unpaired) electrons. The van der Waals surface area contributed by atoms with Gasteiger partial charge in [-0.05, 0) is 37.8 Å². The van der Waals surface area contributed by atoms with Crippen LogP contribution in [0.2, 0.25) is 0 Å². The van der Waals surface area contributed by atoms with E-state index in [4.69, 9.17) is 4.74 Å². The molecule has 0 aliphatic carbocycles. The molecule has 0 saturated heterocycles. The first-order chi connectivity index (χ1) is 14.4. The maximum absolute atomic E-state index is 12.7. The molecule has 3 rings (SSSR count). The molecule has 1 aromatic heterocycles. The molecule has 3 aromatic rings. The Hall–Kier alpha value is -2.99. The maximum atomic E-state index is 12.7. The average Bonchev–Trinajstić information content (AvgIpc) is 3.16. The van der Waals surface area contributed by atoms with Crippen LogP contribution in [0, 0.1) is 6.92 Å². The monoisotopic (exact) mass is 422 g/mol. The molecule has 0 aliphatic rings. The van der Waals surface area contributed by atoms with Crippen LogP contribution in [0.15, 0.2) is 54.6 Å². The van der Waals surface area contributed by atoms with Crippen molar-refractivity contribution in [1.82, 2.24) is 4.98 Å². The van der Waals surface area contributed by atoms with E-state index in [9.17, 15) is 9.59 Å². The first-order valence-corrected chi connectivity index (χ1v) is 10.9. The summed E-state index contributed by atoms with van der Waals surface area (Å²) in [5, 5.41) is 3.65. The Balaban J connectivity index is 1.69. The molecule has 1 heterocycles. The van der Waals surface area contributed by atoms with Gasteiger partial charge in [-0.1, -0.05) is 62.4 Å². The van der Waals surface area contributed by atoms with Crippen LogP contribution in [0.1, 0.15) is 54.0 Å². The molecule has 2 aromatic carbocycles. The summed E-state index contributed by atoms with van der Waals surface area (Å²) in [6, 6.07) is 17.4. The molecule has 5 nitrogen and oxygen atoms in total. The Morgan fingerprint density at radius 3 is 2.43 bits per heavy atom. The molecule has 2 atom stereocenters. The minimum Gasteiger partial charge on any atom is -0.448 e. The predicted molar refractivity (Wildman–Crippen MR) is 121 cm³/mol. The fourth-order valence-electron chi connectivity index (χ4n) is 3.05. The number of carbonyl (C=O) groups excluding carboxylic acids is 2. The molecule has 0 spiro atoms. The summed E-state index contributed by atoms with van der Waals surface area (Å²) in [5.41, 5.74) is 3.36. The Kier molecular flexibility index (Phi) is 7.00. The van der Waals surface area contributed by atoms with E-state index in [1.54, 1.807) is 13.8 Å². The zero-order chi connectivity index (χ0) is 21.7. The number of esters is 1. The van der Waals surface area contributed by atoms with E-state index in [2.05, 4.69) is 24.1 Å². The lowest BCUT2D eigenvalue weighted by Crippen LogP contribution is -2.30. The quantitative estimate of drug-likeness (QED) is 0.488. The Labute approximate surface area is 181 Å². The minimum absolute atomic E-state index is 0.315. The third kappa shape index (κ3) is 4.94. The number of aromatic nitrogens is 1. The number of benzene rings is 2. The van der Waals surface area contributed by atoms with Crippen LogP contribution in [-0.2, 0) is 9.53 Å². The van der Waals surface area contributed by atoms with Gasteiger partial charge in [0.05, 0.1) is 5.69 Å². The summed E-state index contributed by atoms with van der Waals surface area (Å²) < 4.78 is 5.45. The molecule has 0 saturated carbocycles. The molecule has 6 heteroatoms. The third-order valence-corrected chi connectivity index (χ3v) is 6.20. The fraction of sp³-hybridized carbons (Fsp3) is 0.292. The van der Waals surface area contributed by atoms with E-state index in [1.165, 1.54) is 11.3 Å². The second-order valence-corrected chi connectivity index (χ2v) is 8.23. The zero-order valence-corrected chi connectivity index (χ0v) is 18.5. The summed E-state index contributed by atoms with van der Waals surface area (Å²) in [7, 11) is 0. The molecule has 0 unspecified atom stereocenters. The number of hydrogen-bond acceptors (Lipinski definition) is 5. The largest absolute Gasteiger partial charge is 0.448 e. The number of anilines is 1. The summed E-state index contributed by atoms with van der Waals surface area (Å²) in [6.07, 6.45) is 0.0374. The van der Waals surface area contributed by atoms with Crippen molar-refractivity contribution in [1.29, 1.82) is 0 Å². The standard InChI is InChI=1S/C24H26N2O3S/c1-5-15(2)19-13-9-10-14-20(19)26-22(27)17(4)29-24(28)21-16(3)25-23(30-21)18-11-7-6-8-12-18/h6-15,17H,5H2,1-4H3,(H,26,27)/t15-,17-/m1/s1. The number of nitrogens with zero attached hydrogens (tertiary/aromatic N) is 1. The van der Waals surface area contributed by atoms with Crippen molar-refractivity contribution >= 4 is 28.9 Å². The highest BCUT2D eigenvalue weighted by Gasteiger charge is 2.24. The van der Waals surface area contributed by atoms with Gasteiger partial charge in [-0.2, -0.15) is 0 Å². The highest BCUT2D eigenvalue weighted by atomic mass is 32.1. The number of amides is 1. The van der Waals surface area contributed by atoms with Crippen molar-refractivity contribution in [3.8, 4) is 10.6 Å². The van der Waals surface area contributed by atoms with Crippen molar-refractivity contribution in [2.24, 2.45) is 0 Å². The molecule has 30 heavy (non-hydrogen) atoms. The highest BCUT2D eigenvalue weighted by molar-refractivity contribution is 7.17. The second kappa shape index (κ2) is 9.67. The summed E-state index contributed by atoms with van der Waals surface area (Å²) in [4.78, 5) is 30.2. The topological polar surface area (TPSA) is 68.3 Å². The second-order valence-electron chi connectivity index (χ2n) is 7.23. The van der Waals surface area contributed by atoms with Gasteiger partial charge in [-0.25, -0.2) is 9.78 Å². The summed E-state index contributed by atoms with van der Waals surface area (Å²) in [6.45, 7) is 7.57. The van der Waals surface area contributed by atoms with Crippen LogP contribution in [0.3, 0.4) is 0 Å². The van der Waals surface area contributed by atoms with Crippen LogP contribution in [0.5, 0.6) is 0 Å². The Morgan fingerprint density at radius 1 is 1.07 bits per heavy atom. The smallest absolute Gasteiger partial charge is 0.351 e. The van der Waals surface area contributed by atoms with Crippen molar-refractivity contribution in [3.63, 3.8) is 0 Å². The molecule has 0 bridgehead atoms. The molecule has 0 aliphatic heterocycles. The number of aryl methyl sites for hydroxylation is 1. The van der Waals surface area contributed by atoms with Gasteiger partial charge in [0.1, 0.15) is 9.88 Å². The Morgan fingerprint density at radius 2 is 1.73 bits per heavy atom. The van der Waals surface area contributed by atoms with Crippen molar-refractivity contribution in [3.05, 3.63) is 70.7 Å². The number of para-hydroxylation sites is 1. The van der Waals surface area contributed by atoms with Gasteiger partial charge in [-0.15, -0.1) is 11.3 Å². The molecule has 1 N–H and O–H groups in total. The first-order valence-electron chi connectivity index (χ1n) is 10.0. The van der Waals surface area contributed by atoms with Crippen LogP contribution >= 0.6 is 11.3 Å². The van der Waals surface area contributed by atoms with Gasteiger partial charge in [-0.3, -0.25) is 4.79 Å². The van der Waals surface area contributed by atoms with Crippen molar-refractivity contribution in [2.75, 3.05) is 5.32 Å². The van der Waals surface area contributed by atoms with E-state index in [0.717, 1.165) is 28.2 Å². The van der Waals surface area contributed by atoms with Gasteiger partial charge in [0, 0.05) is 11.3 Å². The lowest BCUT2D eigenvalue weighted by atomic mass is 9.97. The summed E-state index contributed by atoms with van der Waals surface area (Å²) in [5.74, 6) is -0.579. The van der Waals surface area contributed by atoms with Crippen LogP contribution < -0.4 is 5.32 Å². The third-order valence-electron chi connectivity index (χ3n) is 5.02. The van der Waals surface area contributed by atoms with Gasteiger partial charge in [0.15, 0.2) is 6.10 Å². The van der Waals surface area contributed by atoms with Gasteiger partial charge < -0.3 is 10.1 Å². The maximum Gasteiger partial charge on any atom is 0.351 e. The molecule has 156 valence electrons. The van der Waals surface area contributed by atoms with Gasteiger partial charge in [0.25, 0.3) is 5.91 Å². The predicted octanol–water partition coefficient (Wildman–Crippen LogP) is 5.82. The number of ether oxygens (including phenoxy) is 1. The molecular formula is C24H26N2O3S. The van der Waals surface area contributed by atoms with Gasteiger partial charge >= 0.3 is 5.97 Å².